The number of amides is 1. The van der Waals surface area contributed by atoms with Gasteiger partial charge in [-0.3, -0.25) is 9.78 Å². The van der Waals surface area contributed by atoms with Crippen LogP contribution in [0.1, 0.15) is 34.7 Å². The van der Waals surface area contributed by atoms with Crippen molar-refractivity contribution < 1.29 is 45.0 Å². The van der Waals surface area contributed by atoms with Crippen LogP contribution in [-0.2, 0) is 17.5 Å². The van der Waals surface area contributed by atoms with Crippen LogP contribution in [0.4, 0.5) is 30.7 Å². The van der Waals surface area contributed by atoms with E-state index in [9.17, 15) is 35.5 Å². The molecule has 2 aliphatic heterocycles. The minimum atomic E-state index is -5.00. The largest absolute Gasteiger partial charge is 0.573 e. The molecule has 0 N–H and O–H groups in total. The van der Waals surface area contributed by atoms with Crippen LogP contribution in [-0.4, -0.2) is 55.7 Å². The summed E-state index contributed by atoms with van der Waals surface area (Å²) in [6, 6.07) is 3.52. The summed E-state index contributed by atoms with van der Waals surface area (Å²) in [5.74, 6) is -2.98. The van der Waals surface area contributed by atoms with E-state index in [2.05, 4.69) is 19.9 Å². The van der Waals surface area contributed by atoms with Gasteiger partial charge in [0.05, 0.1) is 36.4 Å². The fraction of sp³-hybridized carbons (Fsp3) is 0.364. The number of ether oxygens (including phenoxy) is 2. The van der Waals surface area contributed by atoms with Crippen LogP contribution < -0.4 is 4.74 Å². The number of hydrogen-bond acceptors (Lipinski definition) is 6. The summed E-state index contributed by atoms with van der Waals surface area (Å²) < 4.78 is 104. The maximum atomic E-state index is 14.8. The number of nitrogens with zero attached hydrogens (tertiary/aromatic N) is 5. The van der Waals surface area contributed by atoms with E-state index in [1.54, 1.807) is 11.5 Å². The summed E-state index contributed by atoms with van der Waals surface area (Å²) >= 11 is 0. The fourth-order valence-corrected chi connectivity index (χ4v) is 4.63. The number of hydrogen-bond donors (Lipinski definition) is 0. The number of fused-ring (bicyclic) bond motifs is 4. The summed E-state index contributed by atoms with van der Waals surface area (Å²) in [6.07, 6.45) is -8.83. The number of carbonyl (C=O) groups excluding carboxylic acids is 1. The van der Waals surface area contributed by atoms with Crippen LogP contribution in [0.25, 0.3) is 11.5 Å². The minimum Gasteiger partial charge on any atom is -0.406 e. The molecule has 4 heterocycles. The van der Waals surface area contributed by atoms with Crippen LogP contribution in [0.2, 0.25) is 0 Å². The van der Waals surface area contributed by atoms with Gasteiger partial charge in [0.2, 0.25) is 0 Å². The zero-order valence-electron chi connectivity index (χ0n) is 18.8. The van der Waals surface area contributed by atoms with Gasteiger partial charge in [-0.1, -0.05) is 6.07 Å². The first-order valence-electron chi connectivity index (χ1n) is 10.7. The van der Waals surface area contributed by atoms with E-state index in [-0.39, 0.29) is 37.1 Å². The number of carbonyl (C=O) groups is 1. The summed E-state index contributed by atoms with van der Waals surface area (Å²) in [4.78, 5) is 18.7. The Balaban J connectivity index is 1.55. The van der Waals surface area contributed by atoms with Crippen molar-refractivity contribution in [3.63, 3.8) is 0 Å². The van der Waals surface area contributed by atoms with Crippen LogP contribution in [0.5, 0.6) is 5.75 Å². The van der Waals surface area contributed by atoms with Crippen molar-refractivity contribution in [1.29, 1.82) is 0 Å². The molecule has 0 radical (unpaired) electrons. The van der Waals surface area contributed by atoms with Crippen molar-refractivity contribution in [3.8, 4) is 17.3 Å². The van der Waals surface area contributed by atoms with Gasteiger partial charge in [0.1, 0.15) is 23.3 Å². The van der Waals surface area contributed by atoms with Gasteiger partial charge in [0.15, 0.2) is 11.6 Å². The van der Waals surface area contributed by atoms with Gasteiger partial charge in [-0.2, -0.15) is 13.2 Å². The van der Waals surface area contributed by atoms with E-state index in [4.69, 9.17) is 4.74 Å². The van der Waals surface area contributed by atoms with Crippen LogP contribution in [0.3, 0.4) is 0 Å². The molecule has 3 aromatic rings. The molecule has 2 atom stereocenters. The molecule has 5 rings (SSSR count). The predicted molar refractivity (Wildman–Crippen MR) is 109 cm³/mol. The van der Waals surface area contributed by atoms with Crippen molar-refractivity contribution in [1.82, 2.24) is 24.6 Å². The van der Waals surface area contributed by atoms with E-state index in [0.29, 0.717) is 6.07 Å². The third kappa shape index (κ3) is 4.36. The van der Waals surface area contributed by atoms with Crippen molar-refractivity contribution in [2.24, 2.45) is 0 Å². The highest BCUT2D eigenvalue weighted by Gasteiger charge is 2.51. The Morgan fingerprint density at radius 3 is 2.62 bits per heavy atom. The Kier molecular flexibility index (Phi) is 5.65. The molecule has 0 spiro atoms. The molecule has 1 fully saturated rings. The zero-order chi connectivity index (χ0) is 26.8. The minimum absolute atomic E-state index is 0.00629. The lowest BCUT2D eigenvalue weighted by Crippen LogP contribution is -2.63. The normalized spacial score (nSPS) is 21.5. The summed E-state index contributed by atoms with van der Waals surface area (Å²) in [5, 5.41) is 8.08. The fourth-order valence-electron chi connectivity index (χ4n) is 4.63. The van der Waals surface area contributed by atoms with Crippen molar-refractivity contribution in [2.45, 2.75) is 37.6 Å². The number of benzene rings is 1. The van der Waals surface area contributed by atoms with Gasteiger partial charge in [-0.05, 0) is 25.1 Å². The van der Waals surface area contributed by atoms with Crippen LogP contribution >= 0.6 is 0 Å². The van der Waals surface area contributed by atoms with Crippen molar-refractivity contribution >= 4 is 5.91 Å². The molecular formula is C22H16F7N5O3. The molecule has 1 amide bonds. The second kappa shape index (κ2) is 8.39. The van der Waals surface area contributed by atoms with Gasteiger partial charge >= 0.3 is 12.5 Å². The number of halogens is 7. The van der Waals surface area contributed by atoms with E-state index in [1.807, 2.05) is 0 Å². The lowest BCUT2D eigenvalue weighted by atomic mass is 9.91. The summed E-state index contributed by atoms with van der Waals surface area (Å²) in [5.41, 5.74) is -3.52. The molecule has 0 aliphatic carbocycles. The Bertz CT molecular complexity index is 1370. The highest BCUT2D eigenvalue weighted by atomic mass is 19.4. The number of morpholine rings is 1. The molecule has 196 valence electrons. The van der Waals surface area contributed by atoms with Gasteiger partial charge < -0.3 is 18.9 Å². The molecule has 2 aliphatic rings. The Morgan fingerprint density at radius 2 is 1.92 bits per heavy atom. The third-order valence-corrected chi connectivity index (χ3v) is 6.11. The van der Waals surface area contributed by atoms with Gasteiger partial charge in [-0.25, -0.2) is 4.39 Å². The standard InChI is InChI=1S/C22H16F7N5O3/c1-20-9-33-17(14-7-11(5-6-30-14)37-22(27,28)29)31-32-18(33)15(8-36-10-20)34(20)19(35)12-3-2-4-13(16(12)23)21(24,25)26/h2-7,15H,8-10H2,1H3/t15-,20-/m1/s1. The Labute approximate surface area is 203 Å². The molecule has 0 saturated carbocycles. The first-order valence-corrected chi connectivity index (χ1v) is 10.7. The molecular weight excluding hydrogens is 515 g/mol. The average molecular weight is 531 g/mol. The molecule has 8 nitrogen and oxygen atoms in total. The van der Waals surface area contributed by atoms with E-state index >= 15 is 0 Å². The van der Waals surface area contributed by atoms with E-state index in [0.717, 1.165) is 30.5 Å². The molecule has 0 unspecified atom stereocenters. The predicted octanol–water partition coefficient (Wildman–Crippen LogP) is 4.38. The first kappa shape index (κ1) is 24.9. The van der Waals surface area contributed by atoms with Crippen molar-refractivity contribution in [3.05, 3.63) is 59.3 Å². The second-order valence-electron chi connectivity index (χ2n) is 8.76. The Hall–Kier alpha value is -3.75. The number of alkyl halides is 6. The number of rotatable bonds is 3. The topological polar surface area (TPSA) is 82.4 Å². The molecule has 15 heteroatoms. The smallest absolute Gasteiger partial charge is 0.406 e. The number of pyridine rings is 1. The van der Waals surface area contributed by atoms with Gasteiger partial charge in [-0.15, -0.1) is 23.4 Å². The van der Waals surface area contributed by atoms with E-state index < -0.39 is 52.7 Å². The Morgan fingerprint density at radius 1 is 1.16 bits per heavy atom. The number of aromatic nitrogens is 4. The van der Waals surface area contributed by atoms with Crippen LogP contribution in [0, 0.1) is 5.82 Å². The third-order valence-electron chi connectivity index (χ3n) is 6.11. The monoisotopic (exact) mass is 531 g/mol. The SMILES string of the molecule is C[C@]12COC[C@H](c3nnc(-c4cc(OC(F)(F)F)ccn4)n3C1)N2C(=O)c1cccc(C(F)(F)F)c1F. The molecule has 2 bridgehead atoms. The highest BCUT2D eigenvalue weighted by Crippen LogP contribution is 2.42. The molecule has 1 aromatic carbocycles. The quantitative estimate of drug-likeness (QED) is 0.467. The first-order chi connectivity index (χ1) is 17.3. The van der Waals surface area contributed by atoms with E-state index in [1.165, 1.54) is 4.90 Å². The molecule has 1 saturated heterocycles. The maximum Gasteiger partial charge on any atom is 0.573 e. The van der Waals surface area contributed by atoms with Crippen LogP contribution in [0.15, 0.2) is 36.5 Å². The lowest BCUT2D eigenvalue weighted by Gasteiger charge is -2.52. The summed E-state index contributed by atoms with van der Waals surface area (Å²) in [7, 11) is 0. The lowest BCUT2D eigenvalue weighted by molar-refractivity contribution is -0.274. The molecule has 2 aromatic heterocycles. The second-order valence-corrected chi connectivity index (χ2v) is 8.76. The highest BCUT2D eigenvalue weighted by molar-refractivity contribution is 5.95. The maximum absolute atomic E-state index is 14.8. The zero-order valence-corrected chi connectivity index (χ0v) is 18.8. The molecule has 37 heavy (non-hydrogen) atoms. The average Bonchev–Trinajstić information content (AvgIpc) is 3.19. The van der Waals surface area contributed by atoms with Crippen molar-refractivity contribution in [2.75, 3.05) is 13.2 Å². The van der Waals surface area contributed by atoms with Gasteiger partial charge in [0.25, 0.3) is 5.91 Å². The van der Waals surface area contributed by atoms with Gasteiger partial charge in [0, 0.05) is 12.3 Å². The summed E-state index contributed by atoms with van der Waals surface area (Å²) in [6.45, 7) is 1.35.